The molecule has 1 aromatic heterocycles. The number of amides is 1. The molecule has 5 rings (SSSR count). The minimum Gasteiger partial charge on any atom is -0.497 e. The van der Waals surface area contributed by atoms with Gasteiger partial charge in [0.05, 0.1) is 7.11 Å². The second-order valence-corrected chi connectivity index (χ2v) is 8.37. The zero-order chi connectivity index (χ0) is 22.8. The Balaban J connectivity index is 1.30. The van der Waals surface area contributed by atoms with Crippen LogP contribution in [0.1, 0.15) is 34.1 Å². The van der Waals surface area contributed by atoms with Gasteiger partial charge in [-0.3, -0.25) is 9.78 Å². The number of hydrogen-bond donors (Lipinski definition) is 1. The first-order valence-corrected chi connectivity index (χ1v) is 11.2. The topological polar surface area (TPSA) is 72.9 Å². The van der Waals surface area contributed by atoms with Crippen molar-refractivity contribution in [1.29, 1.82) is 0 Å². The monoisotopic (exact) mass is 445 g/mol. The van der Waals surface area contributed by atoms with Gasteiger partial charge in [0.25, 0.3) is 5.91 Å². The van der Waals surface area contributed by atoms with Crippen LogP contribution < -0.4 is 19.5 Å². The number of carbonyl (C=O) groups is 1. The van der Waals surface area contributed by atoms with Gasteiger partial charge in [0.2, 0.25) is 0 Å². The molecule has 3 heterocycles. The lowest BCUT2D eigenvalue weighted by molar-refractivity contribution is 0.0789. The molecule has 0 unspecified atom stereocenters. The standard InChI is InChI=1S/C26H27N3O4/c1-17-12-21(28-20-4-3-5-22(14-20)31-2)15-23(27-17)19-8-9-29(16-19)26(30)18-6-7-24-25(13-18)33-11-10-32-24/h3-7,12-15,19H,8-11,16H2,1-2H3,(H,27,28)/t19-/m1/s1. The van der Waals surface area contributed by atoms with Gasteiger partial charge >= 0.3 is 0 Å². The van der Waals surface area contributed by atoms with Crippen molar-refractivity contribution in [2.24, 2.45) is 0 Å². The minimum absolute atomic E-state index is 0.0110. The molecule has 170 valence electrons. The van der Waals surface area contributed by atoms with Crippen LogP contribution in [0, 0.1) is 6.92 Å². The molecule has 0 bridgehead atoms. The van der Waals surface area contributed by atoms with Crippen LogP contribution in [0.5, 0.6) is 17.2 Å². The largest absolute Gasteiger partial charge is 0.497 e. The molecule has 1 saturated heterocycles. The van der Waals surface area contributed by atoms with E-state index in [1.54, 1.807) is 13.2 Å². The molecule has 2 aromatic carbocycles. The van der Waals surface area contributed by atoms with Crippen molar-refractivity contribution in [3.8, 4) is 17.2 Å². The Morgan fingerprint density at radius 1 is 1.06 bits per heavy atom. The third kappa shape index (κ3) is 4.58. The van der Waals surface area contributed by atoms with E-state index in [1.165, 1.54) is 0 Å². The highest BCUT2D eigenvalue weighted by atomic mass is 16.6. The number of aromatic nitrogens is 1. The van der Waals surface area contributed by atoms with Gasteiger partial charge in [-0.25, -0.2) is 0 Å². The van der Waals surface area contributed by atoms with Gasteiger partial charge in [0.1, 0.15) is 19.0 Å². The van der Waals surface area contributed by atoms with E-state index < -0.39 is 0 Å². The summed E-state index contributed by atoms with van der Waals surface area (Å²) in [7, 11) is 1.66. The number of rotatable bonds is 5. The number of carbonyl (C=O) groups excluding carboxylic acids is 1. The van der Waals surface area contributed by atoms with Crippen molar-refractivity contribution < 1.29 is 19.0 Å². The second kappa shape index (κ2) is 9.02. The number of pyridine rings is 1. The summed E-state index contributed by atoms with van der Waals surface area (Å²) in [4.78, 5) is 19.8. The fourth-order valence-electron chi connectivity index (χ4n) is 4.39. The summed E-state index contributed by atoms with van der Waals surface area (Å²) in [6.45, 7) is 4.37. The Bertz CT molecular complexity index is 1180. The molecule has 7 nitrogen and oxygen atoms in total. The maximum Gasteiger partial charge on any atom is 0.254 e. The summed E-state index contributed by atoms with van der Waals surface area (Å²) in [6, 6.07) is 17.3. The number of anilines is 2. The number of benzene rings is 2. The third-order valence-corrected chi connectivity index (χ3v) is 6.01. The van der Waals surface area contributed by atoms with E-state index in [2.05, 4.69) is 11.4 Å². The van der Waals surface area contributed by atoms with E-state index >= 15 is 0 Å². The first-order chi connectivity index (χ1) is 16.1. The molecule has 0 radical (unpaired) electrons. The van der Waals surface area contributed by atoms with Gasteiger partial charge in [-0.05, 0) is 55.8 Å². The molecule has 33 heavy (non-hydrogen) atoms. The van der Waals surface area contributed by atoms with Crippen molar-refractivity contribution >= 4 is 17.3 Å². The Hall–Kier alpha value is -3.74. The zero-order valence-electron chi connectivity index (χ0n) is 18.8. The molecule has 0 saturated carbocycles. The average molecular weight is 446 g/mol. The molecule has 7 heteroatoms. The molecule has 2 aliphatic heterocycles. The highest BCUT2D eigenvalue weighted by Gasteiger charge is 2.30. The van der Waals surface area contributed by atoms with Crippen LogP contribution in [-0.4, -0.2) is 49.2 Å². The van der Waals surface area contributed by atoms with Crippen LogP contribution in [0.2, 0.25) is 0 Å². The molecule has 1 atom stereocenters. The van der Waals surface area contributed by atoms with E-state index in [4.69, 9.17) is 19.2 Å². The van der Waals surface area contributed by atoms with Crippen molar-refractivity contribution in [1.82, 2.24) is 9.88 Å². The number of methoxy groups -OCH3 is 1. The lowest BCUT2D eigenvalue weighted by atomic mass is 10.0. The van der Waals surface area contributed by atoms with Crippen molar-refractivity contribution in [3.63, 3.8) is 0 Å². The molecule has 1 amide bonds. The molecule has 2 aliphatic rings. The summed E-state index contributed by atoms with van der Waals surface area (Å²) in [6.07, 6.45) is 0.880. The van der Waals surface area contributed by atoms with Crippen LogP contribution >= 0.6 is 0 Å². The number of likely N-dealkylation sites (tertiary alicyclic amines) is 1. The van der Waals surface area contributed by atoms with E-state index in [0.717, 1.165) is 34.9 Å². The number of fused-ring (bicyclic) bond motifs is 1. The maximum absolute atomic E-state index is 13.1. The van der Waals surface area contributed by atoms with Crippen LogP contribution in [-0.2, 0) is 0 Å². The van der Waals surface area contributed by atoms with E-state index in [9.17, 15) is 4.79 Å². The summed E-state index contributed by atoms with van der Waals surface area (Å²) >= 11 is 0. The predicted molar refractivity (Wildman–Crippen MR) is 126 cm³/mol. The Labute approximate surface area is 193 Å². The summed E-state index contributed by atoms with van der Waals surface area (Å²) in [5.41, 5.74) is 4.49. The maximum atomic E-state index is 13.1. The third-order valence-electron chi connectivity index (χ3n) is 6.01. The van der Waals surface area contributed by atoms with Crippen LogP contribution in [0.4, 0.5) is 11.4 Å². The Morgan fingerprint density at radius 2 is 1.91 bits per heavy atom. The van der Waals surface area contributed by atoms with Gasteiger partial charge in [-0.15, -0.1) is 0 Å². The fourth-order valence-corrected chi connectivity index (χ4v) is 4.39. The zero-order valence-corrected chi connectivity index (χ0v) is 18.8. The second-order valence-electron chi connectivity index (χ2n) is 8.37. The van der Waals surface area contributed by atoms with Crippen LogP contribution in [0.25, 0.3) is 0 Å². The van der Waals surface area contributed by atoms with E-state index in [0.29, 0.717) is 43.4 Å². The van der Waals surface area contributed by atoms with E-state index in [1.807, 2.05) is 54.3 Å². The normalized spacial score (nSPS) is 17.0. The number of ether oxygens (including phenoxy) is 3. The van der Waals surface area contributed by atoms with E-state index in [-0.39, 0.29) is 11.8 Å². The quantitative estimate of drug-likeness (QED) is 0.622. The Morgan fingerprint density at radius 3 is 2.76 bits per heavy atom. The highest BCUT2D eigenvalue weighted by Crippen LogP contribution is 2.33. The molecular weight excluding hydrogens is 418 g/mol. The van der Waals surface area contributed by atoms with Crippen LogP contribution in [0.3, 0.4) is 0 Å². The predicted octanol–water partition coefficient (Wildman–Crippen LogP) is 4.54. The first-order valence-electron chi connectivity index (χ1n) is 11.2. The number of hydrogen-bond acceptors (Lipinski definition) is 6. The first kappa shape index (κ1) is 21.1. The number of aryl methyl sites for hydroxylation is 1. The SMILES string of the molecule is COc1cccc(Nc2cc(C)nc([C@@H]3CCN(C(=O)c4ccc5c(c4)OCCO5)C3)c2)c1. The lowest BCUT2D eigenvalue weighted by Gasteiger charge is -2.21. The minimum atomic E-state index is 0.0110. The smallest absolute Gasteiger partial charge is 0.254 e. The fraction of sp³-hybridized carbons (Fsp3) is 0.308. The molecular formula is C26H27N3O4. The Kier molecular flexibility index (Phi) is 5.77. The van der Waals surface area contributed by atoms with Gasteiger partial charge in [0.15, 0.2) is 11.5 Å². The van der Waals surface area contributed by atoms with Crippen molar-refractivity contribution in [3.05, 3.63) is 71.5 Å². The lowest BCUT2D eigenvalue weighted by Crippen LogP contribution is -2.28. The van der Waals surface area contributed by atoms with Gasteiger partial charge in [0, 0.05) is 53.4 Å². The van der Waals surface area contributed by atoms with Crippen LogP contribution in [0.15, 0.2) is 54.6 Å². The average Bonchev–Trinajstić information content (AvgIpc) is 3.33. The molecule has 0 spiro atoms. The summed E-state index contributed by atoms with van der Waals surface area (Å²) < 4.78 is 16.5. The van der Waals surface area contributed by atoms with Crippen molar-refractivity contribution in [2.75, 3.05) is 38.7 Å². The number of nitrogens with zero attached hydrogens (tertiary/aromatic N) is 2. The van der Waals surface area contributed by atoms with Gasteiger partial charge in [-0.1, -0.05) is 6.07 Å². The highest BCUT2D eigenvalue weighted by molar-refractivity contribution is 5.95. The molecule has 1 fully saturated rings. The molecule has 0 aliphatic carbocycles. The number of nitrogens with one attached hydrogen (secondary N) is 1. The summed E-state index contributed by atoms with van der Waals surface area (Å²) in [5.74, 6) is 2.33. The molecule has 3 aromatic rings. The van der Waals surface area contributed by atoms with Gasteiger partial charge in [-0.2, -0.15) is 0 Å². The summed E-state index contributed by atoms with van der Waals surface area (Å²) in [5, 5.41) is 3.45. The molecule has 1 N–H and O–H groups in total. The van der Waals surface area contributed by atoms with Gasteiger partial charge < -0.3 is 24.4 Å². The van der Waals surface area contributed by atoms with Crippen molar-refractivity contribution in [2.45, 2.75) is 19.3 Å².